The molecule has 0 aliphatic heterocycles. The first kappa shape index (κ1) is 14.3. The van der Waals surface area contributed by atoms with Crippen LogP contribution in [-0.4, -0.2) is 11.6 Å². The van der Waals surface area contributed by atoms with Crippen LogP contribution < -0.4 is 0 Å². The number of ketones is 2. The van der Waals surface area contributed by atoms with Gasteiger partial charge in [-0.1, -0.05) is 34.6 Å². The van der Waals surface area contributed by atoms with Crippen molar-refractivity contribution in [3.05, 3.63) is 0 Å². The molecule has 0 radical (unpaired) electrons. The molecule has 0 aliphatic carbocycles. The maximum Gasteiger partial charge on any atom is 0.145 e. The van der Waals surface area contributed by atoms with Crippen LogP contribution >= 0.6 is 0 Å². The number of hydrogen-bond acceptors (Lipinski definition) is 2. The van der Waals surface area contributed by atoms with E-state index in [1.54, 1.807) is 0 Å². The number of rotatable bonds is 7. The summed E-state index contributed by atoms with van der Waals surface area (Å²) in [7, 11) is 0. The third-order valence-electron chi connectivity index (χ3n) is 3.41. The average molecular weight is 212 g/mol. The summed E-state index contributed by atoms with van der Waals surface area (Å²) >= 11 is 0. The summed E-state index contributed by atoms with van der Waals surface area (Å²) in [4.78, 5) is 23.6. The van der Waals surface area contributed by atoms with Gasteiger partial charge in [-0.05, 0) is 19.3 Å². The minimum Gasteiger partial charge on any atom is -0.299 e. The lowest BCUT2D eigenvalue weighted by Gasteiger charge is -2.21. The molecular weight excluding hydrogens is 188 g/mol. The second-order valence-corrected chi connectivity index (χ2v) is 4.82. The van der Waals surface area contributed by atoms with Gasteiger partial charge >= 0.3 is 0 Å². The van der Waals surface area contributed by atoms with E-state index in [2.05, 4.69) is 0 Å². The molecule has 0 amide bonds. The second kappa shape index (κ2) is 6.04. The van der Waals surface area contributed by atoms with E-state index in [9.17, 15) is 9.59 Å². The van der Waals surface area contributed by atoms with Gasteiger partial charge in [-0.3, -0.25) is 9.59 Å². The number of Topliss-reactive ketones (excluding diaryl/α,β-unsaturated/α-hetero) is 2. The van der Waals surface area contributed by atoms with Gasteiger partial charge in [-0.15, -0.1) is 0 Å². The highest BCUT2D eigenvalue weighted by Crippen LogP contribution is 2.24. The first-order valence-corrected chi connectivity index (χ1v) is 5.95. The highest BCUT2D eigenvalue weighted by atomic mass is 16.1. The summed E-state index contributed by atoms with van der Waals surface area (Å²) in [5.41, 5.74) is -0.346. The molecule has 2 heteroatoms. The summed E-state index contributed by atoms with van der Waals surface area (Å²) in [6.45, 7) is 9.81. The molecule has 0 bridgehead atoms. The molecule has 0 spiro atoms. The summed E-state index contributed by atoms with van der Waals surface area (Å²) in [6, 6.07) is 0. The van der Waals surface area contributed by atoms with Crippen LogP contribution in [0.1, 0.15) is 60.3 Å². The van der Waals surface area contributed by atoms with Crippen LogP contribution in [0, 0.1) is 11.3 Å². The molecule has 0 aromatic heterocycles. The Morgan fingerprint density at radius 2 is 1.53 bits per heavy atom. The summed E-state index contributed by atoms with van der Waals surface area (Å²) in [5, 5.41) is 0. The molecule has 0 aromatic rings. The lowest BCUT2D eigenvalue weighted by molar-refractivity contribution is -0.134. The van der Waals surface area contributed by atoms with E-state index in [0.717, 1.165) is 19.3 Å². The van der Waals surface area contributed by atoms with E-state index in [1.165, 1.54) is 0 Å². The third kappa shape index (κ3) is 4.15. The van der Waals surface area contributed by atoms with Crippen molar-refractivity contribution in [3.8, 4) is 0 Å². The van der Waals surface area contributed by atoms with Crippen LogP contribution in [-0.2, 0) is 9.59 Å². The Balaban J connectivity index is 4.36. The third-order valence-corrected chi connectivity index (χ3v) is 3.41. The topological polar surface area (TPSA) is 34.1 Å². The zero-order valence-electron chi connectivity index (χ0n) is 10.7. The Hall–Kier alpha value is -0.660. The Bertz CT molecular complexity index is 225. The van der Waals surface area contributed by atoms with Crippen molar-refractivity contribution in [1.82, 2.24) is 0 Å². The zero-order valence-corrected chi connectivity index (χ0v) is 10.7. The van der Waals surface area contributed by atoms with Crippen molar-refractivity contribution in [3.63, 3.8) is 0 Å². The van der Waals surface area contributed by atoms with Gasteiger partial charge in [0.1, 0.15) is 11.6 Å². The maximum absolute atomic E-state index is 11.8. The van der Waals surface area contributed by atoms with Gasteiger partial charge in [0, 0.05) is 11.3 Å². The van der Waals surface area contributed by atoms with E-state index < -0.39 is 0 Å². The SMILES string of the molecule is CCC(CC)C(=O)CC(=O)C(C)(C)CC. The van der Waals surface area contributed by atoms with Gasteiger partial charge in [0.05, 0.1) is 6.42 Å². The van der Waals surface area contributed by atoms with Crippen molar-refractivity contribution in [2.24, 2.45) is 11.3 Å². The fourth-order valence-electron chi connectivity index (χ4n) is 1.48. The van der Waals surface area contributed by atoms with Crippen molar-refractivity contribution >= 4 is 11.6 Å². The Morgan fingerprint density at radius 3 is 1.87 bits per heavy atom. The van der Waals surface area contributed by atoms with Gasteiger partial charge < -0.3 is 0 Å². The minimum absolute atomic E-state index is 0.0709. The smallest absolute Gasteiger partial charge is 0.145 e. The molecule has 0 fully saturated rings. The van der Waals surface area contributed by atoms with E-state index in [4.69, 9.17) is 0 Å². The van der Waals surface area contributed by atoms with Crippen molar-refractivity contribution in [1.29, 1.82) is 0 Å². The Morgan fingerprint density at radius 1 is 1.07 bits per heavy atom. The molecule has 0 aliphatic rings. The van der Waals surface area contributed by atoms with Crippen molar-refractivity contribution < 1.29 is 9.59 Å². The van der Waals surface area contributed by atoms with Gasteiger partial charge in [-0.25, -0.2) is 0 Å². The summed E-state index contributed by atoms with van der Waals surface area (Å²) in [6.07, 6.45) is 2.60. The molecule has 15 heavy (non-hydrogen) atoms. The second-order valence-electron chi connectivity index (χ2n) is 4.82. The zero-order chi connectivity index (χ0) is 12.1. The first-order chi connectivity index (χ1) is 6.88. The number of carbonyl (C=O) groups is 2. The van der Waals surface area contributed by atoms with Crippen molar-refractivity contribution in [2.45, 2.75) is 60.3 Å². The largest absolute Gasteiger partial charge is 0.299 e. The van der Waals surface area contributed by atoms with Crippen molar-refractivity contribution in [2.75, 3.05) is 0 Å². The quantitative estimate of drug-likeness (QED) is 0.606. The van der Waals surface area contributed by atoms with Gasteiger partial charge in [0.15, 0.2) is 0 Å². The van der Waals surface area contributed by atoms with Crippen LogP contribution in [0.5, 0.6) is 0 Å². The predicted molar refractivity (Wildman–Crippen MR) is 62.8 cm³/mol. The highest BCUT2D eigenvalue weighted by molar-refractivity contribution is 6.02. The molecule has 0 atom stereocenters. The van der Waals surface area contributed by atoms with Gasteiger partial charge in [0.2, 0.25) is 0 Å². The van der Waals surface area contributed by atoms with E-state index in [0.29, 0.717) is 0 Å². The molecule has 0 heterocycles. The summed E-state index contributed by atoms with van der Waals surface area (Å²) in [5.74, 6) is 0.273. The summed E-state index contributed by atoms with van der Waals surface area (Å²) < 4.78 is 0. The Kier molecular flexibility index (Phi) is 5.77. The fraction of sp³-hybridized carbons (Fsp3) is 0.846. The molecule has 0 N–H and O–H groups in total. The molecule has 0 unspecified atom stereocenters. The number of carbonyl (C=O) groups excluding carboxylic acids is 2. The molecule has 88 valence electrons. The van der Waals surface area contributed by atoms with Crippen LogP contribution in [0.3, 0.4) is 0 Å². The molecular formula is C13H24O2. The van der Waals surface area contributed by atoms with E-state index in [-0.39, 0.29) is 29.3 Å². The normalized spacial score (nSPS) is 11.9. The van der Waals surface area contributed by atoms with Gasteiger partial charge in [0.25, 0.3) is 0 Å². The first-order valence-electron chi connectivity index (χ1n) is 5.95. The minimum atomic E-state index is -0.346. The lowest BCUT2D eigenvalue weighted by Crippen LogP contribution is -2.28. The fourth-order valence-corrected chi connectivity index (χ4v) is 1.48. The van der Waals surface area contributed by atoms with E-state index >= 15 is 0 Å². The molecule has 2 nitrogen and oxygen atoms in total. The van der Waals surface area contributed by atoms with Crippen LogP contribution in [0.25, 0.3) is 0 Å². The van der Waals surface area contributed by atoms with Gasteiger partial charge in [-0.2, -0.15) is 0 Å². The maximum atomic E-state index is 11.8. The molecule has 0 aromatic carbocycles. The van der Waals surface area contributed by atoms with E-state index in [1.807, 2.05) is 34.6 Å². The average Bonchev–Trinajstić information content (AvgIpc) is 2.19. The van der Waals surface area contributed by atoms with Crippen LogP contribution in [0.2, 0.25) is 0 Å². The van der Waals surface area contributed by atoms with Crippen LogP contribution in [0.4, 0.5) is 0 Å². The molecule has 0 saturated carbocycles. The predicted octanol–water partition coefficient (Wildman–Crippen LogP) is 3.39. The standard InChI is InChI=1S/C13H24O2/c1-6-10(7-2)11(14)9-12(15)13(4,5)8-3/h10H,6-9H2,1-5H3. The Labute approximate surface area is 93.4 Å². The number of hydrogen-bond donors (Lipinski definition) is 0. The lowest BCUT2D eigenvalue weighted by atomic mass is 9.81. The highest BCUT2D eigenvalue weighted by Gasteiger charge is 2.28. The molecule has 0 saturated heterocycles. The molecule has 0 rings (SSSR count). The van der Waals surface area contributed by atoms with Crippen LogP contribution in [0.15, 0.2) is 0 Å². The monoisotopic (exact) mass is 212 g/mol.